The smallest absolute Gasteiger partial charge is 0.0971 e. The summed E-state index contributed by atoms with van der Waals surface area (Å²) in [5.74, 6) is 0. The van der Waals surface area contributed by atoms with Crippen LogP contribution in [0.2, 0.25) is 0 Å². The van der Waals surface area contributed by atoms with Crippen LogP contribution in [-0.4, -0.2) is 34.9 Å². The third-order valence-corrected chi connectivity index (χ3v) is 28.9. The number of aromatic nitrogens is 7. The van der Waals surface area contributed by atoms with Crippen molar-refractivity contribution in [2.75, 3.05) is 0 Å². The van der Waals surface area contributed by atoms with Crippen molar-refractivity contribution in [2.24, 2.45) is 0 Å². The zero-order chi connectivity index (χ0) is 88.1. The van der Waals surface area contributed by atoms with Gasteiger partial charge in [-0.15, -0.1) is 0 Å². The van der Waals surface area contributed by atoms with E-state index in [0.29, 0.717) is 0 Å². The maximum absolute atomic E-state index is 4.88. The largest absolute Gasteiger partial charge is 0.256 e. The number of hydrogen-bond acceptors (Lipinski definition) is 7. The molecule has 624 valence electrons. The molecule has 6 aliphatic rings. The summed E-state index contributed by atoms with van der Waals surface area (Å²) in [4.78, 5) is 33.2. The van der Waals surface area contributed by atoms with Crippen molar-refractivity contribution in [3.63, 3.8) is 0 Å². The van der Waals surface area contributed by atoms with E-state index in [-0.39, 0.29) is 0 Å². The predicted molar refractivity (Wildman–Crippen MR) is 551 cm³/mol. The fraction of sp³-hybridized carbons (Fsp3) is 0.0960. The molecule has 17 aromatic carbocycles. The van der Waals surface area contributed by atoms with Gasteiger partial charge in [0.05, 0.1) is 38.8 Å². The predicted octanol–water partition coefficient (Wildman–Crippen LogP) is 31.0. The van der Waals surface area contributed by atoms with Gasteiger partial charge in [0.2, 0.25) is 0 Å². The molecule has 132 heavy (non-hydrogen) atoms. The molecule has 7 nitrogen and oxygen atoms in total. The standard InChI is InChI=1S/C22H16.3C21H15N.2C20H14N2/c1-14-5-4-8-19-21(14)13-16-10-11-18-17-7-3-2-6-15(17)9-12-20(18)22(16)19;1-13-17-8-4-2-7-15(17)11-19-20-16(12-22-21(13)19)10-14-6-3-5-9-18(14)20;1-13-18-11-16-8-4-5-9-17(16)21(18)19-10-14-6-2-3-7-15(14)12-20(19)22-13;1-13-10-11-22-21-19(13)12-15-7-8-17-16-5-3-2-4-14(16)6-9-18(17)20(15)21;1-12-9-17-18-14(10-13-5-2-3-6-16(13)18)11-22-20(17)19-15(12)7-4-8-21-19;1-12-6-7-13-8-9-17-18-15(11-21-20(17)19(13)22-12)10-14-4-2-3-5-16(14)18/h2-12H,13H2,1H3;2-9,11-12H,10H2,1H3;2-10,12H,11H2,1H3;2-11H,12H2,1H3;2*2-9,11H,10H2,1H3. The Balaban J connectivity index is 0.0000000851. The molecule has 0 bridgehead atoms. The molecule has 0 N–H and O–H groups in total. The summed E-state index contributed by atoms with van der Waals surface area (Å²) in [5, 5.41) is 23.2. The van der Waals surface area contributed by atoms with Gasteiger partial charge in [0, 0.05) is 112 Å². The van der Waals surface area contributed by atoms with Crippen LogP contribution in [0, 0.1) is 41.5 Å². The van der Waals surface area contributed by atoms with Gasteiger partial charge in [-0.3, -0.25) is 34.9 Å². The summed E-state index contributed by atoms with van der Waals surface area (Å²) in [7, 11) is 0. The highest BCUT2D eigenvalue weighted by Crippen LogP contribution is 2.50. The van der Waals surface area contributed by atoms with E-state index in [1.54, 1.807) is 0 Å². The first-order valence-electron chi connectivity index (χ1n) is 46.1. The number of benzene rings is 17. The molecule has 7 heteroatoms. The highest BCUT2D eigenvalue weighted by Gasteiger charge is 2.30. The van der Waals surface area contributed by atoms with Crippen molar-refractivity contribution < 1.29 is 0 Å². The third kappa shape index (κ3) is 12.9. The van der Waals surface area contributed by atoms with E-state index in [9.17, 15) is 0 Å². The van der Waals surface area contributed by atoms with Gasteiger partial charge in [-0.05, 0) is 300 Å². The van der Waals surface area contributed by atoms with E-state index in [1.807, 2.05) is 37.8 Å². The number of aryl methyl sites for hydroxylation is 6. The maximum atomic E-state index is 4.88. The van der Waals surface area contributed by atoms with Crippen molar-refractivity contribution in [1.29, 1.82) is 0 Å². The number of rotatable bonds is 0. The highest BCUT2D eigenvalue weighted by molar-refractivity contribution is 6.17. The molecule has 7 heterocycles. The first kappa shape index (κ1) is 78.2. The van der Waals surface area contributed by atoms with Crippen LogP contribution in [0.1, 0.15) is 100 Å². The molecular weight excluding hydrogens is 1600 g/mol. The Bertz CT molecular complexity index is 8820. The van der Waals surface area contributed by atoms with E-state index in [1.165, 1.54) is 247 Å². The average Bonchev–Trinajstić information content (AvgIpc) is 1.63. The van der Waals surface area contributed by atoms with Crippen molar-refractivity contribution in [3.8, 4) is 66.9 Å². The lowest BCUT2D eigenvalue weighted by atomic mass is 9.94. The van der Waals surface area contributed by atoms with E-state index in [2.05, 4.69) is 367 Å². The second-order valence-corrected chi connectivity index (χ2v) is 36.5. The fourth-order valence-electron chi connectivity index (χ4n) is 22.6. The van der Waals surface area contributed by atoms with Crippen molar-refractivity contribution in [3.05, 3.63) is 459 Å². The minimum Gasteiger partial charge on any atom is -0.256 e. The highest BCUT2D eigenvalue weighted by atomic mass is 14.8. The summed E-state index contributed by atoms with van der Waals surface area (Å²) in [6.45, 7) is 12.9. The SMILES string of the molecule is Cc1c2ccccc2cc2c3c(cnc12)Cc1ccccc1-3.Cc1cc2c3c(cnc2c2ncccc12)Cc1ccccc1-3.Cc1ccc2ccc3c4c(cnc3c2n1)Cc1ccccc1-4.Cc1cccc2c1Cc1ccc3c(ccc4ccccc43)c1-2.Cc1ccnc2c1Cc1ccc3c(ccc4ccccc43)c1-2.Cc1nc2cc3ccccc3cc2c2c1Cc1ccccc1-2. The molecule has 24 aromatic rings. The van der Waals surface area contributed by atoms with E-state index in [0.717, 1.165) is 88.4 Å². The Morgan fingerprint density at radius 2 is 0.652 bits per heavy atom. The lowest BCUT2D eigenvalue weighted by Gasteiger charge is -2.11. The summed E-state index contributed by atoms with van der Waals surface area (Å²) >= 11 is 0. The topological polar surface area (TPSA) is 90.2 Å². The van der Waals surface area contributed by atoms with Gasteiger partial charge in [0.1, 0.15) is 0 Å². The Morgan fingerprint density at radius 1 is 0.205 bits per heavy atom. The Kier molecular flexibility index (Phi) is 18.6. The molecule has 30 rings (SSSR count). The summed E-state index contributed by atoms with van der Waals surface area (Å²) in [6, 6.07) is 118. The monoisotopic (exact) mass is 1690 g/mol. The Labute approximate surface area is 765 Å². The Morgan fingerprint density at radius 3 is 1.30 bits per heavy atom. The average molecular weight is 1690 g/mol. The second kappa shape index (κ2) is 31.4. The van der Waals surface area contributed by atoms with E-state index >= 15 is 0 Å². The summed E-state index contributed by atoms with van der Waals surface area (Å²) in [6.07, 6.45) is 16.0. The van der Waals surface area contributed by atoms with Crippen LogP contribution in [0.25, 0.3) is 197 Å². The minimum atomic E-state index is 0.980. The van der Waals surface area contributed by atoms with Crippen molar-refractivity contribution in [1.82, 2.24) is 34.9 Å². The molecule has 0 aliphatic heterocycles. The van der Waals surface area contributed by atoms with Gasteiger partial charge in [-0.2, -0.15) is 0 Å². The molecule has 0 radical (unpaired) electrons. The van der Waals surface area contributed by atoms with Gasteiger partial charge in [0.25, 0.3) is 0 Å². The zero-order valence-electron chi connectivity index (χ0n) is 74.4. The van der Waals surface area contributed by atoms with Gasteiger partial charge >= 0.3 is 0 Å². The number of pyridine rings is 7. The quantitative estimate of drug-likeness (QED) is 0.110. The zero-order valence-corrected chi connectivity index (χ0v) is 74.4. The lowest BCUT2D eigenvalue weighted by Crippen LogP contribution is -1.93. The summed E-state index contributed by atoms with van der Waals surface area (Å²) in [5.41, 5.74) is 46.8. The molecule has 6 aliphatic carbocycles. The lowest BCUT2D eigenvalue weighted by molar-refractivity contribution is 1.14. The fourth-order valence-corrected chi connectivity index (χ4v) is 22.6. The number of fused-ring (bicyclic) bond motifs is 40. The molecule has 7 aromatic heterocycles. The Hall–Kier alpha value is -16.1. The molecule has 0 saturated carbocycles. The number of hydrogen-bond donors (Lipinski definition) is 0. The molecule has 0 fully saturated rings. The molecule has 0 amide bonds. The van der Waals surface area contributed by atoms with Crippen molar-refractivity contribution in [2.45, 2.75) is 80.1 Å². The third-order valence-electron chi connectivity index (χ3n) is 28.9. The van der Waals surface area contributed by atoms with E-state index in [4.69, 9.17) is 29.9 Å². The van der Waals surface area contributed by atoms with E-state index < -0.39 is 0 Å². The van der Waals surface area contributed by atoms with Crippen LogP contribution >= 0.6 is 0 Å². The first-order chi connectivity index (χ1) is 64.9. The van der Waals surface area contributed by atoms with Crippen LogP contribution in [0.3, 0.4) is 0 Å². The van der Waals surface area contributed by atoms with Gasteiger partial charge in [0.15, 0.2) is 0 Å². The molecule has 0 saturated heterocycles. The molecule has 0 spiro atoms. The maximum Gasteiger partial charge on any atom is 0.0971 e. The van der Waals surface area contributed by atoms with Crippen LogP contribution in [0.4, 0.5) is 0 Å². The number of nitrogens with zero attached hydrogens (tertiary/aromatic N) is 7. The van der Waals surface area contributed by atoms with Gasteiger partial charge in [-0.25, -0.2) is 0 Å². The molecular formula is C125H89N7. The molecule has 0 unspecified atom stereocenters. The van der Waals surface area contributed by atoms with Crippen LogP contribution < -0.4 is 0 Å². The molecule has 0 atom stereocenters. The summed E-state index contributed by atoms with van der Waals surface area (Å²) < 4.78 is 0. The van der Waals surface area contributed by atoms with Crippen molar-refractivity contribution >= 4 is 130 Å². The van der Waals surface area contributed by atoms with Crippen LogP contribution in [-0.2, 0) is 38.5 Å². The van der Waals surface area contributed by atoms with Gasteiger partial charge < -0.3 is 0 Å². The van der Waals surface area contributed by atoms with Crippen LogP contribution in [0.5, 0.6) is 0 Å². The first-order valence-corrected chi connectivity index (χ1v) is 46.1. The normalized spacial score (nSPS) is 12.6. The van der Waals surface area contributed by atoms with Gasteiger partial charge in [-0.1, -0.05) is 285 Å². The van der Waals surface area contributed by atoms with Crippen LogP contribution in [0.15, 0.2) is 359 Å². The minimum absolute atomic E-state index is 0.980. The second-order valence-electron chi connectivity index (χ2n) is 36.5.